The predicted molar refractivity (Wildman–Crippen MR) is 79.7 cm³/mol. The van der Waals surface area contributed by atoms with Gasteiger partial charge in [0, 0.05) is 18.1 Å². The molecule has 1 aliphatic heterocycles. The van der Waals surface area contributed by atoms with Crippen LogP contribution in [0.1, 0.15) is 31.4 Å². The number of aliphatic hydroxyl groups excluding tert-OH is 1. The zero-order valence-electron chi connectivity index (χ0n) is 11.7. The van der Waals surface area contributed by atoms with E-state index < -0.39 is 0 Å². The second-order valence-corrected chi connectivity index (χ2v) is 5.69. The summed E-state index contributed by atoms with van der Waals surface area (Å²) in [6.45, 7) is 3.76. The van der Waals surface area contributed by atoms with Crippen LogP contribution in [0.25, 0.3) is 0 Å². The molecule has 1 aromatic rings. The van der Waals surface area contributed by atoms with Crippen molar-refractivity contribution in [1.29, 1.82) is 0 Å². The van der Waals surface area contributed by atoms with Gasteiger partial charge in [0.25, 0.3) is 0 Å². The first-order valence-corrected chi connectivity index (χ1v) is 7.41. The van der Waals surface area contributed by atoms with Crippen molar-refractivity contribution in [1.82, 2.24) is 10.2 Å². The van der Waals surface area contributed by atoms with Crippen LogP contribution in [0, 0.1) is 0 Å². The number of halogens is 1. The number of hydrogen-bond acceptors (Lipinski definition) is 3. The molecule has 110 valence electrons. The lowest BCUT2D eigenvalue weighted by Gasteiger charge is -2.20. The molecule has 5 heteroatoms. The Hall–Kier alpha value is -1.10. The third kappa shape index (κ3) is 4.20. The van der Waals surface area contributed by atoms with Gasteiger partial charge in [-0.05, 0) is 30.5 Å². The molecule has 0 aromatic heterocycles. The fourth-order valence-corrected chi connectivity index (χ4v) is 2.64. The molecule has 0 spiro atoms. The molecule has 2 atom stereocenters. The average molecular weight is 297 g/mol. The van der Waals surface area contributed by atoms with Gasteiger partial charge in [-0.3, -0.25) is 9.69 Å². The van der Waals surface area contributed by atoms with E-state index in [1.165, 1.54) is 0 Å². The molecule has 1 saturated heterocycles. The van der Waals surface area contributed by atoms with Crippen LogP contribution in [0.3, 0.4) is 0 Å². The average Bonchev–Trinajstić information content (AvgIpc) is 2.82. The van der Waals surface area contributed by atoms with Gasteiger partial charge in [-0.25, -0.2) is 0 Å². The maximum absolute atomic E-state index is 12.1. The zero-order valence-corrected chi connectivity index (χ0v) is 12.4. The first-order valence-electron chi connectivity index (χ1n) is 7.03. The summed E-state index contributed by atoms with van der Waals surface area (Å²) in [4.78, 5) is 14.0. The Morgan fingerprint density at radius 1 is 1.50 bits per heavy atom. The van der Waals surface area contributed by atoms with E-state index in [1.807, 2.05) is 36.1 Å². The summed E-state index contributed by atoms with van der Waals surface area (Å²) >= 11 is 5.87. The van der Waals surface area contributed by atoms with Crippen molar-refractivity contribution >= 4 is 17.5 Å². The monoisotopic (exact) mass is 296 g/mol. The molecule has 1 fully saturated rings. The minimum atomic E-state index is -0.291. The fourth-order valence-electron chi connectivity index (χ4n) is 2.52. The summed E-state index contributed by atoms with van der Waals surface area (Å²) in [5, 5.41) is 13.2. The molecule has 1 amide bonds. The summed E-state index contributed by atoms with van der Waals surface area (Å²) in [5.41, 5.74) is 1.06. The third-order valence-corrected chi connectivity index (χ3v) is 3.88. The van der Waals surface area contributed by atoms with Crippen LogP contribution in [-0.4, -0.2) is 41.7 Å². The van der Waals surface area contributed by atoms with E-state index in [9.17, 15) is 9.90 Å². The molecule has 0 radical (unpaired) electrons. The number of hydrogen-bond donors (Lipinski definition) is 2. The van der Waals surface area contributed by atoms with Crippen molar-refractivity contribution in [3.8, 4) is 0 Å². The largest absolute Gasteiger partial charge is 0.392 e. The van der Waals surface area contributed by atoms with E-state index in [1.54, 1.807) is 0 Å². The number of likely N-dealkylation sites (tertiary alicyclic amines) is 1. The van der Waals surface area contributed by atoms with Crippen molar-refractivity contribution < 1.29 is 9.90 Å². The van der Waals surface area contributed by atoms with Crippen LogP contribution < -0.4 is 5.32 Å². The molecule has 0 aliphatic carbocycles. The summed E-state index contributed by atoms with van der Waals surface area (Å²) in [5.74, 6) is 0.000833. The standard InChI is InChI=1S/C15H21ClN2O2/c1-2-14(11-3-5-12(16)6-4-11)17-15(20)10-18-8-7-13(19)9-18/h3-6,13-14,19H,2,7-10H2,1H3,(H,17,20)/t13-,14?/m0/s1. The molecule has 0 bridgehead atoms. The summed E-state index contributed by atoms with van der Waals surface area (Å²) in [6.07, 6.45) is 1.29. The lowest BCUT2D eigenvalue weighted by Crippen LogP contribution is -2.38. The molecule has 2 N–H and O–H groups in total. The van der Waals surface area contributed by atoms with Crippen molar-refractivity contribution in [2.75, 3.05) is 19.6 Å². The first-order chi connectivity index (χ1) is 9.58. The first kappa shape index (κ1) is 15.3. The maximum Gasteiger partial charge on any atom is 0.234 e. The predicted octanol–water partition coefficient (Wildman–Crippen LogP) is 1.97. The molecule has 20 heavy (non-hydrogen) atoms. The molecule has 1 heterocycles. The van der Waals surface area contributed by atoms with E-state index in [2.05, 4.69) is 5.32 Å². The number of benzene rings is 1. The second kappa shape index (κ2) is 7.07. The highest BCUT2D eigenvalue weighted by Gasteiger charge is 2.23. The van der Waals surface area contributed by atoms with Gasteiger partial charge in [-0.2, -0.15) is 0 Å². The number of nitrogens with zero attached hydrogens (tertiary/aromatic N) is 1. The Bertz CT molecular complexity index is 450. The Morgan fingerprint density at radius 2 is 2.20 bits per heavy atom. The molecule has 4 nitrogen and oxygen atoms in total. The van der Waals surface area contributed by atoms with Crippen LogP contribution in [0.2, 0.25) is 5.02 Å². The number of β-amino-alcohol motifs (C(OH)–C–C–N with tert-alkyl or cyclic N) is 1. The van der Waals surface area contributed by atoms with Gasteiger partial charge in [0.2, 0.25) is 5.91 Å². The Balaban J connectivity index is 1.89. The van der Waals surface area contributed by atoms with E-state index in [0.717, 1.165) is 24.9 Å². The van der Waals surface area contributed by atoms with Crippen LogP contribution >= 0.6 is 11.6 Å². The van der Waals surface area contributed by atoms with Gasteiger partial charge in [-0.1, -0.05) is 30.7 Å². The fraction of sp³-hybridized carbons (Fsp3) is 0.533. The highest BCUT2D eigenvalue weighted by molar-refractivity contribution is 6.30. The minimum Gasteiger partial charge on any atom is -0.392 e. The number of nitrogens with one attached hydrogen (secondary N) is 1. The van der Waals surface area contributed by atoms with Crippen LogP contribution in [0.5, 0.6) is 0 Å². The number of aliphatic hydroxyl groups is 1. The topological polar surface area (TPSA) is 52.6 Å². The van der Waals surface area contributed by atoms with Gasteiger partial charge in [0.15, 0.2) is 0 Å². The maximum atomic E-state index is 12.1. The van der Waals surface area contributed by atoms with E-state index in [4.69, 9.17) is 11.6 Å². The van der Waals surface area contributed by atoms with E-state index in [-0.39, 0.29) is 18.1 Å². The van der Waals surface area contributed by atoms with Crippen LogP contribution in [0.15, 0.2) is 24.3 Å². The third-order valence-electron chi connectivity index (χ3n) is 3.63. The van der Waals surface area contributed by atoms with Crippen LogP contribution in [0.4, 0.5) is 0 Å². The zero-order chi connectivity index (χ0) is 14.5. The van der Waals surface area contributed by atoms with Gasteiger partial charge in [-0.15, -0.1) is 0 Å². The van der Waals surface area contributed by atoms with Gasteiger partial charge in [0.05, 0.1) is 18.7 Å². The molecule has 1 unspecified atom stereocenters. The van der Waals surface area contributed by atoms with E-state index in [0.29, 0.717) is 18.1 Å². The van der Waals surface area contributed by atoms with Gasteiger partial charge >= 0.3 is 0 Å². The number of rotatable bonds is 5. The molecule has 1 aliphatic rings. The summed E-state index contributed by atoms with van der Waals surface area (Å²) in [7, 11) is 0. The summed E-state index contributed by atoms with van der Waals surface area (Å²) < 4.78 is 0. The van der Waals surface area contributed by atoms with Gasteiger partial charge in [0.1, 0.15) is 0 Å². The molecule has 1 aromatic carbocycles. The lowest BCUT2D eigenvalue weighted by molar-refractivity contribution is -0.122. The lowest BCUT2D eigenvalue weighted by atomic mass is 10.0. The highest BCUT2D eigenvalue weighted by atomic mass is 35.5. The number of carbonyl (C=O) groups excluding carboxylic acids is 1. The molecular weight excluding hydrogens is 276 g/mol. The quantitative estimate of drug-likeness (QED) is 0.873. The van der Waals surface area contributed by atoms with Gasteiger partial charge < -0.3 is 10.4 Å². The molecule has 2 rings (SSSR count). The van der Waals surface area contributed by atoms with Crippen LogP contribution in [-0.2, 0) is 4.79 Å². The van der Waals surface area contributed by atoms with E-state index >= 15 is 0 Å². The van der Waals surface area contributed by atoms with Crippen molar-refractivity contribution in [2.45, 2.75) is 31.9 Å². The van der Waals surface area contributed by atoms with Crippen molar-refractivity contribution in [2.24, 2.45) is 0 Å². The smallest absolute Gasteiger partial charge is 0.234 e. The number of carbonyl (C=O) groups is 1. The highest BCUT2D eigenvalue weighted by Crippen LogP contribution is 2.19. The van der Waals surface area contributed by atoms with Crippen molar-refractivity contribution in [3.63, 3.8) is 0 Å². The molecule has 0 saturated carbocycles. The Kier molecular flexibility index (Phi) is 5.40. The Labute approximate surface area is 124 Å². The summed E-state index contributed by atoms with van der Waals surface area (Å²) in [6, 6.07) is 7.56. The SMILES string of the molecule is CCC(NC(=O)CN1CC[C@H](O)C1)c1ccc(Cl)cc1. The number of amides is 1. The minimum absolute atomic E-state index is 0.000833. The van der Waals surface area contributed by atoms with Crippen molar-refractivity contribution in [3.05, 3.63) is 34.9 Å². The molecular formula is C15H21ClN2O2. The second-order valence-electron chi connectivity index (χ2n) is 5.26. The normalized spacial score (nSPS) is 20.9. The Morgan fingerprint density at radius 3 is 2.75 bits per heavy atom.